The largest absolute Gasteiger partial charge is 0.233 e. The quantitative estimate of drug-likeness (QED) is 0.781. The normalized spacial score (nSPS) is 10.5. The van der Waals surface area contributed by atoms with Crippen molar-refractivity contribution in [2.75, 3.05) is 0 Å². The number of nitrogens with zero attached hydrogens (tertiary/aromatic N) is 4. The molecule has 0 bridgehead atoms. The maximum absolute atomic E-state index is 4.37. The fourth-order valence-corrected chi connectivity index (χ4v) is 1.34. The van der Waals surface area contributed by atoms with E-state index >= 15 is 0 Å². The van der Waals surface area contributed by atoms with Gasteiger partial charge in [0.15, 0.2) is 5.82 Å². The monoisotopic (exact) mass is 252 g/mol. The lowest BCUT2D eigenvalue weighted by Gasteiger charge is -2.01. The number of aromatic nitrogens is 4. The lowest BCUT2D eigenvalue weighted by Crippen LogP contribution is -1.99. The van der Waals surface area contributed by atoms with Gasteiger partial charge in [0.25, 0.3) is 0 Å². The fourth-order valence-electron chi connectivity index (χ4n) is 1.11. The highest BCUT2D eigenvalue weighted by atomic mass is 79.9. The van der Waals surface area contributed by atoms with Crippen LogP contribution in [0.15, 0.2) is 22.9 Å². The molecular weight excluding hydrogens is 244 g/mol. The molecule has 0 aliphatic carbocycles. The first-order valence-electron chi connectivity index (χ1n) is 4.18. The summed E-state index contributed by atoms with van der Waals surface area (Å²) in [5.74, 6) is 1.53. The summed E-state index contributed by atoms with van der Waals surface area (Å²) in [6, 6.07) is 3.85. The Balaban J connectivity index is 2.47. The smallest absolute Gasteiger partial charge is 0.155 e. The predicted octanol–water partition coefficient (Wildman–Crippen LogP) is 2.04. The van der Waals surface area contributed by atoms with Crippen molar-refractivity contribution < 1.29 is 0 Å². The van der Waals surface area contributed by atoms with E-state index in [-0.39, 0.29) is 0 Å². The SMILES string of the molecule is Cc1ncn(-c2ccc(Br)c(C)n2)n1. The minimum Gasteiger partial charge on any atom is -0.233 e. The van der Waals surface area contributed by atoms with Gasteiger partial charge in [0.05, 0.1) is 5.69 Å². The van der Waals surface area contributed by atoms with E-state index in [1.54, 1.807) is 11.0 Å². The number of rotatable bonds is 1. The van der Waals surface area contributed by atoms with Gasteiger partial charge in [-0.1, -0.05) is 0 Å². The van der Waals surface area contributed by atoms with Crippen LogP contribution in [0.5, 0.6) is 0 Å². The van der Waals surface area contributed by atoms with Gasteiger partial charge in [0.2, 0.25) is 0 Å². The van der Waals surface area contributed by atoms with Gasteiger partial charge < -0.3 is 0 Å². The van der Waals surface area contributed by atoms with E-state index < -0.39 is 0 Å². The third kappa shape index (κ3) is 1.68. The van der Waals surface area contributed by atoms with E-state index in [2.05, 4.69) is 31.0 Å². The number of hydrogen-bond donors (Lipinski definition) is 0. The Labute approximate surface area is 90.1 Å². The molecule has 2 heterocycles. The van der Waals surface area contributed by atoms with Crippen LogP contribution in [-0.4, -0.2) is 19.7 Å². The fraction of sp³-hybridized carbons (Fsp3) is 0.222. The van der Waals surface area contributed by atoms with Crippen molar-refractivity contribution in [1.82, 2.24) is 19.7 Å². The van der Waals surface area contributed by atoms with Gasteiger partial charge in [-0.2, -0.15) is 5.10 Å². The molecule has 2 aromatic heterocycles. The Morgan fingerprint density at radius 3 is 2.64 bits per heavy atom. The third-order valence-electron chi connectivity index (χ3n) is 1.85. The summed E-state index contributed by atoms with van der Waals surface area (Å²) in [7, 11) is 0. The highest BCUT2D eigenvalue weighted by molar-refractivity contribution is 9.10. The van der Waals surface area contributed by atoms with E-state index in [4.69, 9.17) is 0 Å². The third-order valence-corrected chi connectivity index (χ3v) is 2.69. The Morgan fingerprint density at radius 2 is 2.07 bits per heavy atom. The zero-order valence-corrected chi connectivity index (χ0v) is 9.48. The number of halogens is 1. The van der Waals surface area contributed by atoms with Crippen LogP contribution in [-0.2, 0) is 0 Å². The molecule has 72 valence electrons. The first-order chi connectivity index (χ1) is 6.66. The van der Waals surface area contributed by atoms with E-state index in [1.807, 2.05) is 26.0 Å². The molecule has 0 amide bonds. The Morgan fingerprint density at radius 1 is 1.29 bits per heavy atom. The Kier molecular flexibility index (Phi) is 2.33. The average molecular weight is 253 g/mol. The molecular formula is C9H9BrN4. The highest BCUT2D eigenvalue weighted by Crippen LogP contribution is 2.15. The molecule has 0 saturated heterocycles. The molecule has 0 N–H and O–H groups in total. The average Bonchev–Trinajstić information content (AvgIpc) is 2.57. The van der Waals surface area contributed by atoms with Crippen molar-refractivity contribution in [2.45, 2.75) is 13.8 Å². The lowest BCUT2D eigenvalue weighted by molar-refractivity contribution is 0.826. The molecule has 2 rings (SSSR count). The van der Waals surface area contributed by atoms with E-state index in [9.17, 15) is 0 Å². The summed E-state index contributed by atoms with van der Waals surface area (Å²) in [5, 5.41) is 4.18. The molecule has 0 radical (unpaired) electrons. The molecule has 14 heavy (non-hydrogen) atoms. The van der Waals surface area contributed by atoms with E-state index in [0.717, 1.165) is 21.8 Å². The topological polar surface area (TPSA) is 43.6 Å². The first-order valence-corrected chi connectivity index (χ1v) is 4.98. The summed E-state index contributed by atoms with van der Waals surface area (Å²) in [6.07, 6.45) is 1.66. The van der Waals surface area contributed by atoms with Crippen LogP contribution < -0.4 is 0 Å². The zero-order valence-electron chi connectivity index (χ0n) is 7.90. The van der Waals surface area contributed by atoms with Crippen LogP contribution in [0, 0.1) is 13.8 Å². The van der Waals surface area contributed by atoms with Gasteiger partial charge in [-0.15, -0.1) is 0 Å². The van der Waals surface area contributed by atoms with Crippen LogP contribution in [0.4, 0.5) is 0 Å². The molecule has 0 saturated carbocycles. The maximum Gasteiger partial charge on any atom is 0.155 e. The predicted molar refractivity (Wildman–Crippen MR) is 56.3 cm³/mol. The summed E-state index contributed by atoms with van der Waals surface area (Å²) < 4.78 is 2.66. The van der Waals surface area contributed by atoms with Crippen LogP contribution in [0.2, 0.25) is 0 Å². The van der Waals surface area contributed by atoms with Crippen LogP contribution in [0.25, 0.3) is 5.82 Å². The molecule has 0 aliphatic heterocycles. The number of pyridine rings is 1. The van der Waals surface area contributed by atoms with Gasteiger partial charge in [0.1, 0.15) is 12.2 Å². The summed E-state index contributed by atoms with van der Waals surface area (Å²) in [6.45, 7) is 3.79. The van der Waals surface area contributed by atoms with E-state index in [0.29, 0.717) is 0 Å². The molecule has 0 aromatic carbocycles. The molecule has 0 spiro atoms. The van der Waals surface area contributed by atoms with Crippen LogP contribution in [0.3, 0.4) is 0 Å². The lowest BCUT2D eigenvalue weighted by atomic mass is 10.4. The molecule has 0 aliphatic rings. The standard InChI is InChI=1S/C9H9BrN4/c1-6-8(10)3-4-9(12-6)14-5-11-7(2)13-14/h3-5H,1-2H3. The van der Waals surface area contributed by atoms with Crippen molar-refractivity contribution in [2.24, 2.45) is 0 Å². The highest BCUT2D eigenvalue weighted by Gasteiger charge is 2.02. The summed E-state index contributed by atoms with van der Waals surface area (Å²) >= 11 is 3.40. The maximum atomic E-state index is 4.37. The number of aryl methyl sites for hydroxylation is 2. The van der Waals surface area contributed by atoms with Gasteiger partial charge in [-0.25, -0.2) is 14.6 Å². The van der Waals surface area contributed by atoms with Crippen molar-refractivity contribution in [3.63, 3.8) is 0 Å². The molecule has 4 nitrogen and oxygen atoms in total. The van der Waals surface area contributed by atoms with Gasteiger partial charge >= 0.3 is 0 Å². The summed E-state index contributed by atoms with van der Waals surface area (Å²) in [5.41, 5.74) is 0.940. The first kappa shape index (κ1) is 9.33. The second kappa shape index (κ2) is 3.49. The van der Waals surface area contributed by atoms with Gasteiger partial charge in [0, 0.05) is 4.47 Å². The van der Waals surface area contributed by atoms with Crippen molar-refractivity contribution in [3.05, 3.63) is 34.5 Å². The Hall–Kier alpha value is -1.23. The van der Waals surface area contributed by atoms with Crippen LogP contribution >= 0.6 is 15.9 Å². The van der Waals surface area contributed by atoms with Crippen molar-refractivity contribution in [3.8, 4) is 5.82 Å². The van der Waals surface area contributed by atoms with Gasteiger partial charge in [-0.05, 0) is 41.9 Å². The zero-order chi connectivity index (χ0) is 10.1. The minimum absolute atomic E-state index is 0.743. The van der Waals surface area contributed by atoms with E-state index in [1.165, 1.54) is 0 Å². The molecule has 0 unspecified atom stereocenters. The molecule has 0 atom stereocenters. The Bertz CT molecular complexity index is 464. The number of hydrogen-bond acceptors (Lipinski definition) is 3. The minimum atomic E-state index is 0.743. The van der Waals surface area contributed by atoms with Gasteiger partial charge in [-0.3, -0.25) is 0 Å². The molecule has 5 heteroatoms. The van der Waals surface area contributed by atoms with Crippen molar-refractivity contribution >= 4 is 15.9 Å². The van der Waals surface area contributed by atoms with Crippen molar-refractivity contribution in [1.29, 1.82) is 0 Å². The molecule has 0 fully saturated rings. The second-order valence-electron chi connectivity index (χ2n) is 2.97. The molecule has 2 aromatic rings. The van der Waals surface area contributed by atoms with Crippen LogP contribution in [0.1, 0.15) is 11.5 Å². The summed E-state index contributed by atoms with van der Waals surface area (Å²) in [4.78, 5) is 8.42. The second-order valence-corrected chi connectivity index (χ2v) is 3.83.